The zero-order chi connectivity index (χ0) is 16.7. The second-order valence-electron chi connectivity index (χ2n) is 5.24. The van der Waals surface area contributed by atoms with Crippen molar-refractivity contribution in [1.29, 1.82) is 0 Å². The quantitative estimate of drug-likeness (QED) is 0.785. The molecule has 0 saturated heterocycles. The van der Waals surface area contributed by atoms with E-state index in [1.165, 1.54) is 11.8 Å². The second kappa shape index (κ2) is 6.54. The molecule has 0 radical (unpaired) electrons. The van der Waals surface area contributed by atoms with E-state index in [-0.39, 0.29) is 11.0 Å². The number of nitrogens with two attached hydrogens (primary N) is 1. The minimum Gasteiger partial charge on any atom is -0.480 e. The Balaban J connectivity index is 2.06. The van der Waals surface area contributed by atoms with Crippen LogP contribution in [0.25, 0.3) is 11.1 Å². The summed E-state index contributed by atoms with van der Waals surface area (Å²) in [6, 6.07) is 8.25. The molecule has 3 nitrogen and oxygen atoms in total. The van der Waals surface area contributed by atoms with E-state index in [1.807, 2.05) is 24.3 Å². The highest BCUT2D eigenvalue weighted by Gasteiger charge is 2.32. The van der Waals surface area contributed by atoms with Crippen LogP contribution >= 0.6 is 46.6 Å². The van der Waals surface area contributed by atoms with Gasteiger partial charge in [0.2, 0.25) is 0 Å². The van der Waals surface area contributed by atoms with Crippen molar-refractivity contribution < 1.29 is 9.90 Å². The van der Waals surface area contributed by atoms with E-state index < -0.39 is 12.0 Å². The van der Waals surface area contributed by atoms with Gasteiger partial charge in [-0.15, -0.1) is 11.8 Å². The SMILES string of the molecule is NC(CSC1c2cc(Cl)ccc2-c2c(Cl)cc(Cl)cc21)C(=O)O. The molecule has 0 spiro atoms. The van der Waals surface area contributed by atoms with Crippen molar-refractivity contribution in [2.24, 2.45) is 5.73 Å². The Labute approximate surface area is 152 Å². The van der Waals surface area contributed by atoms with Gasteiger partial charge in [0.1, 0.15) is 6.04 Å². The van der Waals surface area contributed by atoms with Gasteiger partial charge in [-0.3, -0.25) is 4.79 Å². The Kier molecular flexibility index (Phi) is 4.81. The van der Waals surface area contributed by atoms with Crippen LogP contribution in [0.2, 0.25) is 15.1 Å². The Morgan fingerprint density at radius 2 is 1.87 bits per heavy atom. The van der Waals surface area contributed by atoms with Crippen molar-refractivity contribution in [1.82, 2.24) is 0 Å². The molecule has 3 rings (SSSR count). The maximum atomic E-state index is 11.0. The number of fused-ring (bicyclic) bond motifs is 3. The van der Waals surface area contributed by atoms with Gasteiger partial charge in [0.15, 0.2) is 0 Å². The highest BCUT2D eigenvalue weighted by atomic mass is 35.5. The molecule has 2 aromatic carbocycles. The number of hydrogen-bond acceptors (Lipinski definition) is 3. The van der Waals surface area contributed by atoms with E-state index in [0.717, 1.165) is 22.3 Å². The summed E-state index contributed by atoms with van der Waals surface area (Å²) in [5.41, 5.74) is 9.50. The summed E-state index contributed by atoms with van der Waals surface area (Å²) in [4.78, 5) is 11.0. The third kappa shape index (κ3) is 3.19. The van der Waals surface area contributed by atoms with Crippen LogP contribution in [0, 0.1) is 0 Å². The number of rotatable bonds is 4. The lowest BCUT2D eigenvalue weighted by molar-refractivity contribution is -0.137. The monoisotopic (exact) mass is 387 g/mol. The van der Waals surface area contributed by atoms with Crippen LogP contribution in [0.4, 0.5) is 0 Å². The predicted molar refractivity (Wildman–Crippen MR) is 96.8 cm³/mol. The van der Waals surface area contributed by atoms with E-state index in [4.69, 9.17) is 45.6 Å². The summed E-state index contributed by atoms with van der Waals surface area (Å²) >= 11 is 20.1. The molecule has 3 N–H and O–H groups in total. The topological polar surface area (TPSA) is 63.3 Å². The molecular weight excluding hydrogens is 377 g/mol. The molecule has 0 aliphatic heterocycles. The number of carbonyl (C=O) groups is 1. The maximum absolute atomic E-state index is 11.0. The second-order valence-corrected chi connectivity index (χ2v) is 7.66. The first kappa shape index (κ1) is 16.9. The van der Waals surface area contributed by atoms with Crippen molar-refractivity contribution in [3.63, 3.8) is 0 Å². The van der Waals surface area contributed by atoms with E-state index >= 15 is 0 Å². The van der Waals surface area contributed by atoms with E-state index in [2.05, 4.69) is 0 Å². The van der Waals surface area contributed by atoms with Crippen LogP contribution < -0.4 is 5.73 Å². The van der Waals surface area contributed by atoms with Crippen LogP contribution in [-0.4, -0.2) is 22.9 Å². The number of halogens is 3. The van der Waals surface area contributed by atoms with Crippen molar-refractivity contribution in [3.8, 4) is 11.1 Å². The highest BCUT2D eigenvalue weighted by molar-refractivity contribution is 7.99. The van der Waals surface area contributed by atoms with Gasteiger partial charge in [0.25, 0.3) is 0 Å². The maximum Gasteiger partial charge on any atom is 0.321 e. The molecule has 120 valence electrons. The van der Waals surface area contributed by atoms with Crippen LogP contribution in [0.15, 0.2) is 30.3 Å². The molecule has 2 unspecified atom stereocenters. The van der Waals surface area contributed by atoms with Gasteiger partial charge in [-0.05, 0) is 41.0 Å². The summed E-state index contributed by atoms with van der Waals surface area (Å²) in [5, 5.41) is 10.6. The molecule has 2 aromatic rings. The van der Waals surface area contributed by atoms with Gasteiger partial charge in [0, 0.05) is 21.4 Å². The zero-order valence-corrected chi connectivity index (χ0v) is 14.8. The normalized spacial score (nSPS) is 16.8. The predicted octanol–water partition coefficient (Wildman–Crippen LogP) is 4.86. The highest BCUT2D eigenvalue weighted by Crippen LogP contribution is 2.53. The average Bonchev–Trinajstić information content (AvgIpc) is 2.77. The van der Waals surface area contributed by atoms with Crippen molar-refractivity contribution in [2.75, 3.05) is 5.75 Å². The molecule has 0 aromatic heterocycles. The van der Waals surface area contributed by atoms with Gasteiger partial charge in [-0.25, -0.2) is 0 Å². The van der Waals surface area contributed by atoms with Crippen LogP contribution in [-0.2, 0) is 4.79 Å². The minimum absolute atomic E-state index is 0.0969. The Morgan fingerprint density at radius 1 is 1.17 bits per heavy atom. The van der Waals surface area contributed by atoms with Crippen molar-refractivity contribution in [2.45, 2.75) is 11.3 Å². The number of aliphatic carboxylic acids is 1. The molecule has 0 fully saturated rings. The molecule has 1 aliphatic carbocycles. The number of thioether (sulfide) groups is 1. The Bertz CT molecular complexity index is 797. The smallest absolute Gasteiger partial charge is 0.321 e. The molecule has 0 amide bonds. The van der Waals surface area contributed by atoms with Crippen LogP contribution in [0.1, 0.15) is 16.4 Å². The number of hydrogen-bond donors (Lipinski definition) is 2. The molecular formula is C16H12Cl3NO2S. The van der Waals surface area contributed by atoms with E-state index in [0.29, 0.717) is 15.1 Å². The standard InChI is InChI=1S/C16H12Cl3NO2S/c17-7-1-2-9-10(3-7)15(23-6-13(20)16(21)22)11-4-8(18)5-12(19)14(9)11/h1-5,13,15H,6,20H2,(H,21,22). The lowest BCUT2D eigenvalue weighted by Gasteiger charge is -2.15. The molecule has 0 bridgehead atoms. The third-order valence-electron chi connectivity index (χ3n) is 3.69. The number of carboxylic acid groups (broad SMARTS) is 1. The first-order valence-electron chi connectivity index (χ1n) is 6.77. The Morgan fingerprint density at radius 3 is 2.57 bits per heavy atom. The van der Waals surface area contributed by atoms with Crippen molar-refractivity contribution >= 4 is 52.5 Å². The molecule has 0 heterocycles. The fourth-order valence-corrected chi connectivity index (χ4v) is 4.75. The van der Waals surface area contributed by atoms with Crippen molar-refractivity contribution in [3.05, 3.63) is 56.5 Å². The summed E-state index contributed by atoms with van der Waals surface area (Å²) in [6.07, 6.45) is 0. The lowest BCUT2D eigenvalue weighted by Crippen LogP contribution is -2.32. The van der Waals surface area contributed by atoms with Gasteiger partial charge < -0.3 is 10.8 Å². The van der Waals surface area contributed by atoms with Gasteiger partial charge in [-0.1, -0.05) is 40.9 Å². The van der Waals surface area contributed by atoms with Crippen LogP contribution in [0.3, 0.4) is 0 Å². The van der Waals surface area contributed by atoms with Gasteiger partial charge >= 0.3 is 5.97 Å². The Hall–Kier alpha value is -0.910. The first-order valence-corrected chi connectivity index (χ1v) is 8.95. The fourth-order valence-electron chi connectivity index (χ4n) is 2.68. The molecule has 2 atom stereocenters. The summed E-state index contributed by atoms with van der Waals surface area (Å²) in [5.74, 6) is -0.749. The summed E-state index contributed by atoms with van der Waals surface area (Å²) in [6.45, 7) is 0. The molecule has 23 heavy (non-hydrogen) atoms. The van der Waals surface area contributed by atoms with Crippen LogP contribution in [0.5, 0.6) is 0 Å². The summed E-state index contributed by atoms with van der Waals surface area (Å²) in [7, 11) is 0. The number of carboxylic acids is 1. The minimum atomic E-state index is -1.02. The fraction of sp³-hybridized carbons (Fsp3) is 0.188. The largest absolute Gasteiger partial charge is 0.480 e. The lowest BCUT2D eigenvalue weighted by atomic mass is 10.1. The van der Waals surface area contributed by atoms with Gasteiger partial charge in [-0.2, -0.15) is 0 Å². The third-order valence-corrected chi connectivity index (χ3v) is 5.84. The first-order chi connectivity index (χ1) is 10.9. The van der Waals surface area contributed by atoms with E-state index in [9.17, 15) is 4.79 Å². The summed E-state index contributed by atoms with van der Waals surface area (Å²) < 4.78 is 0. The number of benzene rings is 2. The molecule has 1 aliphatic rings. The molecule has 7 heteroatoms. The van der Waals surface area contributed by atoms with E-state index in [1.54, 1.807) is 6.07 Å². The zero-order valence-electron chi connectivity index (χ0n) is 11.7. The average molecular weight is 389 g/mol. The van der Waals surface area contributed by atoms with Gasteiger partial charge in [0.05, 0.1) is 10.3 Å². The molecule has 0 saturated carbocycles.